The average molecular weight is 160 g/mol. The van der Waals surface area contributed by atoms with E-state index in [0.717, 1.165) is 0 Å². The second-order valence-electron chi connectivity index (χ2n) is 2.22. The highest BCUT2D eigenvalue weighted by atomic mass is 16.5. The van der Waals surface area contributed by atoms with Gasteiger partial charge in [-0.25, -0.2) is 0 Å². The van der Waals surface area contributed by atoms with E-state index in [2.05, 4.69) is 4.74 Å². The molecule has 0 aromatic carbocycles. The number of hydrogen-bond donors (Lipinski definition) is 1. The highest BCUT2D eigenvalue weighted by Crippen LogP contribution is 2.08. The van der Waals surface area contributed by atoms with E-state index in [1.807, 2.05) is 0 Å². The number of methoxy groups -OCH3 is 1. The van der Waals surface area contributed by atoms with Crippen LogP contribution in [0.5, 0.6) is 0 Å². The van der Waals surface area contributed by atoms with Gasteiger partial charge in [0.1, 0.15) is 0 Å². The topological polar surface area (TPSA) is 63.6 Å². The lowest BCUT2D eigenvalue weighted by Gasteiger charge is -2.06. The Morgan fingerprint density at radius 2 is 2.09 bits per heavy atom. The van der Waals surface area contributed by atoms with E-state index >= 15 is 0 Å². The molecule has 64 valence electrons. The Balaban J connectivity index is 3.88. The van der Waals surface area contributed by atoms with Gasteiger partial charge in [0.2, 0.25) is 0 Å². The van der Waals surface area contributed by atoms with E-state index in [9.17, 15) is 9.59 Å². The van der Waals surface area contributed by atoms with Gasteiger partial charge in [0.05, 0.1) is 19.4 Å². The van der Waals surface area contributed by atoms with Crippen molar-refractivity contribution in [2.75, 3.05) is 7.11 Å². The van der Waals surface area contributed by atoms with Gasteiger partial charge in [0.25, 0.3) is 0 Å². The first kappa shape index (κ1) is 9.94. The Hall–Kier alpha value is -1.06. The highest BCUT2D eigenvalue weighted by molar-refractivity contribution is 5.78. The molecule has 0 saturated heterocycles. The maximum absolute atomic E-state index is 10.6. The van der Waals surface area contributed by atoms with Gasteiger partial charge in [0.15, 0.2) is 0 Å². The number of esters is 1. The van der Waals surface area contributed by atoms with Crippen molar-refractivity contribution in [2.24, 2.45) is 5.92 Å². The van der Waals surface area contributed by atoms with Crippen molar-refractivity contribution < 1.29 is 19.4 Å². The quantitative estimate of drug-likeness (QED) is 0.613. The lowest BCUT2D eigenvalue weighted by molar-refractivity contribution is -0.149. The Bertz CT molecular complexity index is 153. The van der Waals surface area contributed by atoms with Crippen molar-refractivity contribution in [1.82, 2.24) is 0 Å². The van der Waals surface area contributed by atoms with Crippen LogP contribution in [0.3, 0.4) is 0 Å². The van der Waals surface area contributed by atoms with Crippen LogP contribution in [-0.2, 0) is 14.3 Å². The molecule has 0 radical (unpaired) electrons. The van der Waals surface area contributed by atoms with Crippen LogP contribution in [0.25, 0.3) is 0 Å². The minimum Gasteiger partial charge on any atom is -0.481 e. The lowest BCUT2D eigenvalue weighted by Crippen LogP contribution is -2.17. The first-order chi connectivity index (χ1) is 5.11. The minimum atomic E-state index is -0.946. The van der Waals surface area contributed by atoms with Gasteiger partial charge in [-0.3, -0.25) is 9.59 Å². The van der Waals surface area contributed by atoms with Crippen molar-refractivity contribution in [3.63, 3.8) is 0 Å². The molecule has 0 spiro atoms. The van der Waals surface area contributed by atoms with E-state index in [1.54, 1.807) is 6.92 Å². The van der Waals surface area contributed by atoms with Crippen molar-refractivity contribution in [2.45, 2.75) is 19.8 Å². The Labute approximate surface area is 65.2 Å². The van der Waals surface area contributed by atoms with Crippen LogP contribution in [0.4, 0.5) is 0 Å². The molecule has 0 aromatic rings. The Kier molecular flexibility index (Phi) is 4.26. The van der Waals surface area contributed by atoms with Gasteiger partial charge in [-0.05, 0) is 6.42 Å². The number of ether oxygens (including phenoxy) is 1. The zero-order valence-corrected chi connectivity index (χ0v) is 6.66. The monoisotopic (exact) mass is 160 g/mol. The van der Waals surface area contributed by atoms with Crippen LogP contribution in [0.15, 0.2) is 0 Å². The second kappa shape index (κ2) is 4.71. The number of aliphatic carboxylic acids is 1. The summed E-state index contributed by atoms with van der Waals surface area (Å²) in [6.07, 6.45) is 0.409. The number of carboxylic acids is 1. The molecule has 0 aromatic heterocycles. The van der Waals surface area contributed by atoms with E-state index in [0.29, 0.717) is 6.42 Å². The molecule has 0 heterocycles. The first-order valence-electron chi connectivity index (χ1n) is 3.41. The Morgan fingerprint density at radius 1 is 1.55 bits per heavy atom. The maximum Gasteiger partial charge on any atom is 0.307 e. The number of carbonyl (C=O) groups excluding carboxylic acids is 1. The number of rotatable bonds is 4. The van der Waals surface area contributed by atoms with Crippen LogP contribution in [-0.4, -0.2) is 24.2 Å². The van der Waals surface area contributed by atoms with Gasteiger partial charge < -0.3 is 9.84 Å². The van der Waals surface area contributed by atoms with Crippen LogP contribution in [0, 0.1) is 5.92 Å². The molecular weight excluding hydrogens is 148 g/mol. The van der Waals surface area contributed by atoms with E-state index in [4.69, 9.17) is 5.11 Å². The number of carbonyl (C=O) groups is 2. The maximum atomic E-state index is 10.6. The van der Waals surface area contributed by atoms with Crippen LogP contribution in [0.2, 0.25) is 0 Å². The molecule has 0 aliphatic rings. The van der Waals surface area contributed by atoms with Gasteiger partial charge >= 0.3 is 11.9 Å². The zero-order valence-electron chi connectivity index (χ0n) is 6.66. The van der Waals surface area contributed by atoms with Gasteiger partial charge in [0, 0.05) is 0 Å². The average Bonchev–Trinajstić information content (AvgIpc) is 1.99. The van der Waals surface area contributed by atoms with Gasteiger partial charge in [-0.1, -0.05) is 6.92 Å². The third-order valence-corrected chi connectivity index (χ3v) is 1.48. The van der Waals surface area contributed by atoms with Crippen LogP contribution in [0.1, 0.15) is 19.8 Å². The SMILES string of the molecule is CCC(CC(=O)OC)C(=O)O. The molecule has 4 nitrogen and oxygen atoms in total. The van der Waals surface area contributed by atoms with Crippen LogP contribution < -0.4 is 0 Å². The summed E-state index contributed by atoms with van der Waals surface area (Å²) < 4.78 is 4.33. The standard InChI is InChI=1S/C7H12O4/c1-3-5(7(9)10)4-6(8)11-2/h5H,3-4H2,1-2H3,(H,9,10). The lowest BCUT2D eigenvalue weighted by atomic mass is 10.0. The summed E-state index contributed by atoms with van der Waals surface area (Å²) in [5, 5.41) is 8.51. The first-order valence-corrected chi connectivity index (χ1v) is 3.41. The number of carboxylic acid groups (broad SMARTS) is 1. The summed E-state index contributed by atoms with van der Waals surface area (Å²) >= 11 is 0. The highest BCUT2D eigenvalue weighted by Gasteiger charge is 2.18. The normalized spacial score (nSPS) is 12.2. The van der Waals surface area contributed by atoms with Crippen molar-refractivity contribution in [3.8, 4) is 0 Å². The minimum absolute atomic E-state index is 0.0394. The molecule has 1 N–H and O–H groups in total. The Morgan fingerprint density at radius 3 is 2.36 bits per heavy atom. The zero-order chi connectivity index (χ0) is 8.85. The van der Waals surface area contributed by atoms with Crippen molar-refractivity contribution >= 4 is 11.9 Å². The molecule has 0 aliphatic carbocycles. The van der Waals surface area contributed by atoms with Crippen molar-refractivity contribution in [3.05, 3.63) is 0 Å². The summed E-state index contributed by atoms with van der Waals surface area (Å²) in [7, 11) is 1.25. The summed E-state index contributed by atoms with van der Waals surface area (Å²) in [5.41, 5.74) is 0. The van der Waals surface area contributed by atoms with Crippen LogP contribution >= 0.6 is 0 Å². The molecule has 0 saturated carbocycles. The molecule has 0 rings (SSSR count). The second-order valence-corrected chi connectivity index (χ2v) is 2.22. The van der Waals surface area contributed by atoms with E-state index in [1.165, 1.54) is 7.11 Å². The van der Waals surface area contributed by atoms with Gasteiger partial charge in [-0.15, -0.1) is 0 Å². The molecule has 0 aliphatic heterocycles. The summed E-state index contributed by atoms with van der Waals surface area (Å²) in [6.45, 7) is 1.72. The third kappa shape index (κ3) is 3.60. The van der Waals surface area contributed by atoms with Crippen molar-refractivity contribution in [1.29, 1.82) is 0 Å². The number of hydrogen-bond acceptors (Lipinski definition) is 3. The van der Waals surface area contributed by atoms with E-state index < -0.39 is 17.9 Å². The third-order valence-electron chi connectivity index (χ3n) is 1.48. The van der Waals surface area contributed by atoms with E-state index in [-0.39, 0.29) is 6.42 Å². The van der Waals surface area contributed by atoms with Gasteiger partial charge in [-0.2, -0.15) is 0 Å². The molecule has 1 atom stereocenters. The fourth-order valence-corrected chi connectivity index (χ4v) is 0.691. The molecule has 1 unspecified atom stereocenters. The summed E-state index contributed by atoms with van der Waals surface area (Å²) in [6, 6.07) is 0. The predicted molar refractivity (Wildman–Crippen MR) is 38.0 cm³/mol. The molecule has 0 bridgehead atoms. The molecule has 0 amide bonds. The fourth-order valence-electron chi connectivity index (χ4n) is 0.691. The largest absolute Gasteiger partial charge is 0.481 e. The molecule has 0 fully saturated rings. The molecule has 11 heavy (non-hydrogen) atoms. The summed E-state index contributed by atoms with van der Waals surface area (Å²) in [5.74, 6) is -2.03. The smallest absolute Gasteiger partial charge is 0.307 e. The molecule has 4 heteroatoms. The summed E-state index contributed by atoms with van der Waals surface area (Å²) in [4.78, 5) is 21.0. The molecular formula is C7H12O4. The predicted octanol–water partition coefficient (Wildman–Crippen LogP) is 0.660. The fraction of sp³-hybridized carbons (Fsp3) is 0.714.